The number of ketones is 1. The van der Waals surface area contributed by atoms with Crippen LogP contribution < -0.4 is 11.5 Å². The van der Waals surface area contributed by atoms with Crippen LogP contribution >= 0.6 is 0 Å². The molecule has 0 spiro atoms. The molecule has 0 fully saturated rings. The lowest BCUT2D eigenvalue weighted by molar-refractivity contribution is -0.120. The van der Waals surface area contributed by atoms with E-state index in [1.54, 1.807) is 6.92 Å². The van der Waals surface area contributed by atoms with Gasteiger partial charge in [0, 0.05) is 5.92 Å². The lowest BCUT2D eigenvalue weighted by atomic mass is 10.0. The van der Waals surface area contributed by atoms with E-state index in [0.29, 0.717) is 11.6 Å². The van der Waals surface area contributed by atoms with Crippen LogP contribution in [0.3, 0.4) is 0 Å². The molecule has 3 nitrogen and oxygen atoms in total. The highest BCUT2D eigenvalue weighted by molar-refractivity contribution is 5.77. The van der Waals surface area contributed by atoms with Crippen LogP contribution in [-0.4, -0.2) is 5.78 Å². The zero-order chi connectivity index (χ0) is 19.8. The first-order chi connectivity index (χ1) is 11.7. The van der Waals surface area contributed by atoms with Crippen LogP contribution in [0.1, 0.15) is 78.4 Å². The smallest absolute Gasteiger partial charge is 0.132 e. The maximum Gasteiger partial charge on any atom is 0.132 e. The highest BCUT2D eigenvalue weighted by Crippen LogP contribution is 2.07. The predicted octanol–water partition coefficient (Wildman–Crippen LogP) is 5.50. The Balaban J connectivity index is 0. The van der Waals surface area contributed by atoms with Crippen LogP contribution in [-0.2, 0) is 11.2 Å². The van der Waals surface area contributed by atoms with Gasteiger partial charge in [-0.2, -0.15) is 0 Å². The van der Waals surface area contributed by atoms with Crippen molar-refractivity contribution in [2.75, 3.05) is 0 Å². The molecule has 0 saturated carbocycles. The fraction of sp³-hybridized carbons (Fsp3) is 0.591. The summed E-state index contributed by atoms with van der Waals surface area (Å²) in [6.07, 6.45) is 5.52. The molecule has 0 aliphatic carbocycles. The largest absolute Gasteiger partial charge is 0.386 e. The maximum absolute atomic E-state index is 10.6. The molecular weight excluding hydrogens is 308 g/mol. The average molecular weight is 349 g/mol. The maximum atomic E-state index is 10.6. The summed E-state index contributed by atoms with van der Waals surface area (Å²) in [6.45, 7) is 14.0. The molecule has 4 N–H and O–H groups in total. The van der Waals surface area contributed by atoms with Gasteiger partial charge in [-0.15, -0.1) is 0 Å². The Morgan fingerprint density at radius 1 is 1.04 bits per heavy atom. The summed E-state index contributed by atoms with van der Waals surface area (Å²) in [6, 6.07) is 8.66. The second-order valence-electron chi connectivity index (χ2n) is 6.58. The Morgan fingerprint density at radius 3 is 1.84 bits per heavy atom. The lowest BCUT2D eigenvalue weighted by Crippen LogP contribution is -2.10. The normalized spacial score (nSPS) is 10.5. The van der Waals surface area contributed by atoms with Crippen LogP contribution in [0.25, 0.3) is 0 Å². The van der Waals surface area contributed by atoms with Crippen LogP contribution in [0.4, 0.5) is 0 Å². The van der Waals surface area contributed by atoms with Gasteiger partial charge in [0.1, 0.15) is 5.78 Å². The van der Waals surface area contributed by atoms with Gasteiger partial charge in [-0.25, -0.2) is 0 Å². The van der Waals surface area contributed by atoms with Crippen LogP contribution in [0.2, 0.25) is 0 Å². The van der Waals surface area contributed by atoms with Crippen LogP contribution in [0.15, 0.2) is 35.7 Å². The highest BCUT2D eigenvalue weighted by atomic mass is 16.1. The summed E-state index contributed by atoms with van der Waals surface area (Å²) < 4.78 is 0. The topological polar surface area (TPSA) is 69.1 Å². The zero-order valence-corrected chi connectivity index (χ0v) is 17.5. The zero-order valence-electron chi connectivity index (χ0n) is 17.5. The fourth-order valence-corrected chi connectivity index (χ4v) is 1.74. The molecule has 144 valence electrons. The van der Waals surface area contributed by atoms with Gasteiger partial charge in [-0.05, 0) is 51.2 Å². The monoisotopic (exact) mass is 348 g/mol. The number of hydrogen-bond acceptors (Lipinski definition) is 3. The third kappa shape index (κ3) is 15.5. The van der Waals surface area contributed by atoms with E-state index in [2.05, 4.69) is 45.0 Å². The van der Waals surface area contributed by atoms with Crippen molar-refractivity contribution in [2.45, 2.75) is 80.6 Å². The van der Waals surface area contributed by atoms with Gasteiger partial charge in [0.2, 0.25) is 0 Å². The highest BCUT2D eigenvalue weighted by Gasteiger charge is 2.04. The minimum atomic E-state index is 0.282. The number of benzene rings is 1. The number of allylic oxidation sites excluding steroid dienone is 1. The number of carbonyl (C=O) groups is 1. The molecule has 1 unspecified atom stereocenters. The van der Waals surface area contributed by atoms with E-state index in [0.717, 1.165) is 24.8 Å². The molecule has 1 aromatic carbocycles. The second kappa shape index (κ2) is 15.7. The van der Waals surface area contributed by atoms with E-state index >= 15 is 0 Å². The van der Waals surface area contributed by atoms with Crippen molar-refractivity contribution in [1.29, 1.82) is 0 Å². The number of nitrogens with two attached hydrogens (primary N) is 2. The van der Waals surface area contributed by atoms with E-state index < -0.39 is 0 Å². The third-order valence-corrected chi connectivity index (χ3v) is 4.24. The van der Waals surface area contributed by atoms with E-state index in [4.69, 9.17) is 11.5 Å². The molecule has 0 saturated heterocycles. The van der Waals surface area contributed by atoms with Crippen molar-refractivity contribution in [3.8, 4) is 0 Å². The second-order valence-corrected chi connectivity index (χ2v) is 6.58. The van der Waals surface area contributed by atoms with Crippen molar-refractivity contribution in [3.05, 3.63) is 46.8 Å². The molecular formula is C22H40N2O. The number of Topliss-reactive ketones (excluding diaryl/α,β-unsaturated/α-hetero) is 1. The summed E-state index contributed by atoms with van der Waals surface area (Å²) in [7, 11) is 0. The molecule has 1 rings (SSSR count). The first kappa shape index (κ1) is 25.5. The molecule has 0 aromatic heterocycles. The molecule has 1 atom stereocenters. The molecule has 1 aromatic rings. The molecule has 3 heteroatoms. The fourth-order valence-electron chi connectivity index (χ4n) is 1.74. The number of hydrogen-bond donors (Lipinski definition) is 2. The molecule has 0 heterocycles. The number of carbonyl (C=O) groups excluding carboxylic acids is 1. The number of rotatable bonds is 6. The van der Waals surface area contributed by atoms with E-state index in [9.17, 15) is 4.79 Å². The van der Waals surface area contributed by atoms with Crippen molar-refractivity contribution in [1.82, 2.24) is 0 Å². The molecule has 25 heavy (non-hydrogen) atoms. The van der Waals surface area contributed by atoms with Gasteiger partial charge in [-0.1, -0.05) is 70.4 Å². The Kier molecular flexibility index (Phi) is 16.0. The first-order valence-electron chi connectivity index (χ1n) is 9.46. The quantitative estimate of drug-likeness (QED) is 0.712. The first-order valence-corrected chi connectivity index (χ1v) is 9.46. The van der Waals surface area contributed by atoms with Crippen molar-refractivity contribution in [2.24, 2.45) is 17.4 Å². The molecule has 0 bridgehead atoms. The Labute approximate surface area is 155 Å². The average Bonchev–Trinajstić information content (AvgIpc) is 2.60. The summed E-state index contributed by atoms with van der Waals surface area (Å²) in [5.41, 5.74) is 14.2. The van der Waals surface area contributed by atoms with Crippen LogP contribution in [0.5, 0.6) is 0 Å². The third-order valence-electron chi connectivity index (χ3n) is 4.24. The SMILES string of the molecule is CCC(C)=C(N)N.CCCCC(C)C(C)=O.CCc1ccc(C)cc1. The minimum absolute atomic E-state index is 0.282. The predicted molar refractivity (Wildman–Crippen MR) is 111 cm³/mol. The van der Waals surface area contributed by atoms with Gasteiger partial charge in [0.05, 0.1) is 5.82 Å². The Bertz CT molecular complexity index is 485. The molecule has 0 aliphatic heterocycles. The standard InChI is InChI=1S/C9H12.C8H16O.C5H12N2/c1-3-9-6-4-8(2)5-7-9;1-4-5-6-7(2)8(3)9;1-3-4(2)5(6)7/h4-7H,3H2,1-2H3;7H,4-6H2,1-3H3;3,6-7H2,1-2H3. The van der Waals surface area contributed by atoms with Gasteiger partial charge in [0.25, 0.3) is 0 Å². The van der Waals surface area contributed by atoms with Crippen LogP contribution in [0, 0.1) is 12.8 Å². The summed E-state index contributed by atoms with van der Waals surface area (Å²) in [4.78, 5) is 10.6. The molecule has 0 amide bonds. The summed E-state index contributed by atoms with van der Waals surface area (Å²) in [5.74, 6) is 1.07. The minimum Gasteiger partial charge on any atom is -0.386 e. The van der Waals surface area contributed by atoms with E-state index in [1.165, 1.54) is 24.0 Å². The molecule has 0 aliphatic rings. The molecule has 0 radical (unpaired) electrons. The number of unbranched alkanes of at least 4 members (excludes halogenated alkanes) is 1. The van der Waals surface area contributed by atoms with E-state index in [1.807, 2.05) is 20.8 Å². The lowest BCUT2D eigenvalue weighted by Gasteiger charge is -2.03. The van der Waals surface area contributed by atoms with Gasteiger partial charge in [-0.3, -0.25) is 4.79 Å². The Morgan fingerprint density at radius 2 is 1.56 bits per heavy atom. The van der Waals surface area contributed by atoms with Crippen molar-refractivity contribution < 1.29 is 4.79 Å². The number of aryl methyl sites for hydroxylation is 2. The van der Waals surface area contributed by atoms with Gasteiger partial charge < -0.3 is 11.5 Å². The Hall–Kier alpha value is -1.77. The van der Waals surface area contributed by atoms with Crippen molar-refractivity contribution in [3.63, 3.8) is 0 Å². The van der Waals surface area contributed by atoms with Gasteiger partial charge in [0.15, 0.2) is 0 Å². The van der Waals surface area contributed by atoms with Crippen molar-refractivity contribution >= 4 is 5.78 Å². The summed E-state index contributed by atoms with van der Waals surface area (Å²) in [5, 5.41) is 0. The summed E-state index contributed by atoms with van der Waals surface area (Å²) >= 11 is 0. The van der Waals surface area contributed by atoms with E-state index in [-0.39, 0.29) is 5.92 Å². The van der Waals surface area contributed by atoms with Gasteiger partial charge >= 0.3 is 0 Å².